The second-order valence-corrected chi connectivity index (χ2v) is 5.84. The second kappa shape index (κ2) is 9.06. The molecule has 120 valence electrons. The van der Waals surface area contributed by atoms with E-state index in [9.17, 15) is 4.79 Å². The molecule has 0 aliphatic carbocycles. The first-order valence-corrected chi connectivity index (χ1v) is 7.52. The molecule has 1 aromatic rings. The van der Waals surface area contributed by atoms with Gasteiger partial charge in [-0.25, -0.2) is 0 Å². The first-order chi connectivity index (χ1) is 9.41. The Bertz CT molecular complexity index is 429. The predicted octanol–water partition coefficient (Wildman–Crippen LogP) is 3.06. The first-order valence-electron chi connectivity index (χ1n) is 7.52. The molecule has 0 aromatic heterocycles. The Morgan fingerprint density at radius 2 is 1.76 bits per heavy atom. The van der Waals surface area contributed by atoms with Gasteiger partial charge in [0.15, 0.2) is 0 Å². The van der Waals surface area contributed by atoms with Gasteiger partial charge in [0, 0.05) is 12.6 Å². The number of carbonyl (C=O) groups is 1. The van der Waals surface area contributed by atoms with Crippen molar-refractivity contribution in [2.75, 3.05) is 13.1 Å². The van der Waals surface area contributed by atoms with E-state index in [0.29, 0.717) is 12.6 Å². The fourth-order valence-corrected chi connectivity index (χ4v) is 2.18. The quantitative estimate of drug-likeness (QED) is 0.812. The topological polar surface area (TPSA) is 41.1 Å². The molecule has 0 heterocycles. The van der Waals surface area contributed by atoms with Crippen molar-refractivity contribution in [3.63, 3.8) is 0 Å². The zero-order valence-electron chi connectivity index (χ0n) is 13.8. The summed E-state index contributed by atoms with van der Waals surface area (Å²) in [6, 6.07) is 8.62. The lowest BCUT2D eigenvalue weighted by molar-refractivity contribution is -0.125. The summed E-state index contributed by atoms with van der Waals surface area (Å²) in [6.45, 7) is 11.8. The molecule has 1 amide bonds. The fourth-order valence-electron chi connectivity index (χ4n) is 2.18. The van der Waals surface area contributed by atoms with Crippen molar-refractivity contribution in [3.8, 4) is 0 Å². The second-order valence-electron chi connectivity index (χ2n) is 5.84. The normalized spacial score (nSPS) is 12.4. The minimum absolute atomic E-state index is 0. The van der Waals surface area contributed by atoms with Crippen LogP contribution in [0.2, 0.25) is 0 Å². The standard InChI is InChI=1S/C17H28N2O.ClH/c1-6-14-8-10-15(11-9-14)17(4,5)16(20)19-12-13(3)18-7-2;/h8-11,13,18H,6-7,12H2,1-5H3,(H,19,20);1H/t13-;/m1./s1. The third-order valence-electron chi connectivity index (χ3n) is 3.77. The van der Waals surface area contributed by atoms with Crippen LogP contribution in [0.4, 0.5) is 0 Å². The summed E-state index contributed by atoms with van der Waals surface area (Å²) in [7, 11) is 0. The highest BCUT2D eigenvalue weighted by Gasteiger charge is 2.29. The molecule has 21 heavy (non-hydrogen) atoms. The fraction of sp³-hybridized carbons (Fsp3) is 0.588. The number of hydrogen-bond acceptors (Lipinski definition) is 2. The molecule has 0 unspecified atom stereocenters. The van der Waals surface area contributed by atoms with Crippen molar-refractivity contribution in [1.82, 2.24) is 10.6 Å². The lowest BCUT2D eigenvalue weighted by Crippen LogP contribution is -2.45. The van der Waals surface area contributed by atoms with Gasteiger partial charge in [-0.05, 0) is 44.9 Å². The number of benzene rings is 1. The maximum atomic E-state index is 12.4. The number of halogens is 1. The summed E-state index contributed by atoms with van der Waals surface area (Å²) in [5.41, 5.74) is 1.85. The molecule has 0 radical (unpaired) electrons. The van der Waals surface area contributed by atoms with Crippen molar-refractivity contribution in [2.24, 2.45) is 0 Å². The van der Waals surface area contributed by atoms with Crippen molar-refractivity contribution in [3.05, 3.63) is 35.4 Å². The molecule has 4 heteroatoms. The monoisotopic (exact) mass is 312 g/mol. The molecule has 0 spiro atoms. The minimum Gasteiger partial charge on any atom is -0.354 e. The molecule has 0 aliphatic heterocycles. The highest BCUT2D eigenvalue weighted by molar-refractivity contribution is 5.87. The number of amides is 1. The number of hydrogen-bond donors (Lipinski definition) is 2. The van der Waals surface area contributed by atoms with E-state index in [1.807, 2.05) is 13.8 Å². The van der Waals surface area contributed by atoms with Crippen molar-refractivity contribution in [2.45, 2.75) is 52.5 Å². The van der Waals surface area contributed by atoms with E-state index in [2.05, 4.69) is 55.7 Å². The molecule has 1 rings (SSSR count). The Hall–Kier alpha value is -1.06. The number of aryl methyl sites for hydroxylation is 1. The highest BCUT2D eigenvalue weighted by atomic mass is 35.5. The van der Waals surface area contributed by atoms with Crippen LogP contribution in [0, 0.1) is 0 Å². The average molecular weight is 313 g/mol. The first kappa shape index (κ1) is 19.9. The molecule has 0 fully saturated rings. The average Bonchev–Trinajstić information content (AvgIpc) is 2.45. The van der Waals surface area contributed by atoms with E-state index in [1.54, 1.807) is 0 Å². The van der Waals surface area contributed by atoms with Crippen LogP contribution in [0.5, 0.6) is 0 Å². The van der Waals surface area contributed by atoms with Crippen LogP contribution in [0.15, 0.2) is 24.3 Å². The summed E-state index contributed by atoms with van der Waals surface area (Å²) >= 11 is 0. The third-order valence-corrected chi connectivity index (χ3v) is 3.77. The van der Waals surface area contributed by atoms with Crippen molar-refractivity contribution < 1.29 is 4.79 Å². The van der Waals surface area contributed by atoms with E-state index >= 15 is 0 Å². The third kappa shape index (κ3) is 5.68. The SMILES string of the molecule is CCN[C@H](C)CNC(=O)C(C)(C)c1ccc(CC)cc1.Cl. The smallest absolute Gasteiger partial charge is 0.230 e. The Morgan fingerprint density at radius 1 is 1.19 bits per heavy atom. The Kier molecular flexibility index (Phi) is 8.60. The molecular weight excluding hydrogens is 284 g/mol. The highest BCUT2D eigenvalue weighted by Crippen LogP contribution is 2.23. The summed E-state index contributed by atoms with van der Waals surface area (Å²) in [4.78, 5) is 12.4. The molecule has 2 N–H and O–H groups in total. The zero-order valence-corrected chi connectivity index (χ0v) is 14.6. The van der Waals surface area contributed by atoms with Gasteiger partial charge in [0.25, 0.3) is 0 Å². The van der Waals surface area contributed by atoms with Gasteiger partial charge in [-0.1, -0.05) is 38.1 Å². The van der Waals surface area contributed by atoms with Crippen molar-refractivity contribution in [1.29, 1.82) is 0 Å². The molecular formula is C17H29ClN2O. The number of rotatable bonds is 7. The van der Waals surface area contributed by atoms with Crippen LogP contribution in [-0.2, 0) is 16.6 Å². The largest absolute Gasteiger partial charge is 0.354 e. The Balaban J connectivity index is 0.00000400. The maximum absolute atomic E-state index is 12.4. The van der Waals surface area contributed by atoms with Crippen LogP contribution in [0.3, 0.4) is 0 Å². The summed E-state index contributed by atoms with van der Waals surface area (Å²) in [6.07, 6.45) is 1.02. The number of likely N-dealkylation sites (N-methyl/N-ethyl adjacent to an activating group) is 1. The van der Waals surface area contributed by atoms with Gasteiger partial charge in [0.2, 0.25) is 5.91 Å². The van der Waals surface area contributed by atoms with Crippen LogP contribution in [0.1, 0.15) is 45.7 Å². The van der Waals surface area contributed by atoms with Crippen LogP contribution < -0.4 is 10.6 Å². The van der Waals surface area contributed by atoms with E-state index < -0.39 is 5.41 Å². The maximum Gasteiger partial charge on any atom is 0.230 e. The molecule has 3 nitrogen and oxygen atoms in total. The Morgan fingerprint density at radius 3 is 2.24 bits per heavy atom. The number of nitrogens with one attached hydrogen (secondary N) is 2. The summed E-state index contributed by atoms with van der Waals surface area (Å²) in [5.74, 6) is 0.0755. The Labute approximate surface area is 135 Å². The van der Waals surface area contributed by atoms with Crippen LogP contribution in [-0.4, -0.2) is 25.0 Å². The van der Waals surface area contributed by atoms with Gasteiger partial charge >= 0.3 is 0 Å². The molecule has 0 saturated carbocycles. The van der Waals surface area contributed by atoms with E-state index in [-0.39, 0.29) is 18.3 Å². The number of carbonyl (C=O) groups excluding carboxylic acids is 1. The molecule has 0 aliphatic rings. The van der Waals surface area contributed by atoms with Crippen LogP contribution in [0.25, 0.3) is 0 Å². The molecule has 0 bridgehead atoms. The van der Waals surface area contributed by atoms with Gasteiger partial charge in [-0.2, -0.15) is 0 Å². The van der Waals surface area contributed by atoms with E-state index in [0.717, 1.165) is 18.5 Å². The van der Waals surface area contributed by atoms with Gasteiger partial charge in [0.1, 0.15) is 0 Å². The summed E-state index contributed by atoms with van der Waals surface area (Å²) in [5, 5.41) is 6.33. The van der Waals surface area contributed by atoms with Crippen LogP contribution >= 0.6 is 12.4 Å². The molecule has 1 aromatic carbocycles. The van der Waals surface area contributed by atoms with E-state index in [4.69, 9.17) is 0 Å². The summed E-state index contributed by atoms with van der Waals surface area (Å²) < 4.78 is 0. The lowest BCUT2D eigenvalue weighted by Gasteiger charge is -2.25. The molecule has 0 saturated heterocycles. The molecule has 1 atom stereocenters. The van der Waals surface area contributed by atoms with Gasteiger partial charge in [-0.15, -0.1) is 12.4 Å². The van der Waals surface area contributed by atoms with Gasteiger partial charge in [0.05, 0.1) is 5.41 Å². The van der Waals surface area contributed by atoms with Gasteiger partial charge in [-0.3, -0.25) is 4.79 Å². The predicted molar refractivity (Wildman–Crippen MR) is 92.2 cm³/mol. The minimum atomic E-state index is -0.502. The van der Waals surface area contributed by atoms with Gasteiger partial charge < -0.3 is 10.6 Å². The van der Waals surface area contributed by atoms with E-state index in [1.165, 1.54) is 5.56 Å². The van der Waals surface area contributed by atoms with Crippen molar-refractivity contribution >= 4 is 18.3 Å². The zero-order chi connectivity index (χ0) is 15.2. The lowest BCUT2D eigenvalue weighted by atomic mass is 9.83.